The van der Waals surface area contributed by atoms with E-state index in [-0.39, 0.29) is 0 Å². The number of aromatic amines is 1. The second-order valence-corrected chi connectivity index (χ2v) is 4.17. The molecule has 1 aromatic carbocycles. The first-order valence-electron chi connectivity index (χ1n) is 5.78. The average Bonchev–Trinajstić information content (AvgIpc) is 2.77. The fourth-order valence-corrected chi connectivity index (χ4v) is 1.96. The first kappa shape index (κ1) is 12.6. The van der Waals surface area contributed by atoms with Crippen LogP contribution in [0, 0.1) is 4.77 Å². The topological polar surface area (TPSA) is 54.9 Å². The molecule has 0 spiro atoms. The van der Waals surface area contributed by atoms with Crippen LogP contribution in [0.25, 0.3) is 0 Å². The lowest BCUT2D eigenvalue weighted by Crippen LogP contribution is -2.17. The second kappa shape index (κ2) is 5.68. The summed E-state index contributed by atoms with van der Waals surface area (Å²) >= 11 is 5.17. The Morgan fingerprint density at radius 2 is 2.22 bits per heavy atom. The molecule has 0 bridgehead atoms. The number of aromatic nitrogens is 3. The van der Waals surface area contributed by atoms with Gasteiger partial charge in [0.2, 0.25) is 4.77 Å². The SMILES string of the molecule is CCc1n[nH]c(=S)n1NCc1ccccc1OC. The standard InChI is InChI=1S/C12H16N4OS/c1-3-11-14-15-12(18)16(11)13-8-9-6-4-5-7-10(9)17-2/h4-7,13H,3,8H2,1-2H3,(H,15,18). The quantitative estimate of drug-likeness (QED) is 0.813. The van der Waals surface area contributed by atoms with Crippen molar-refractivity contribution >= 4 is 12.2 Å². The van der Waals surface area contributed by atoms with Crippen molar-refractivity contribution in [3.63, 3.8) is 0 Å². The van der Waals surface area contributed by atoms with Gasteiger partial charge in [-0.25, -0.2) is 4.68 Å². The lowest BCUT2D eigenvalue weighted by Gasteiger charge is -2.11. The van der Waals surface area contributed by atoms with Gasteiger partial charge in [-0.15, -0.1) is 0 Å². The van der Waals surface area contributed by atoms with Crippen LogP contribution in [0.15, 0.2) is 24.3 Å². The fourth-order valence-electron chi connectivity index (χ4n) is 1.74. The summed E-state index contributed by atoms with van der Waals surface area (Å²) in [5.74, 6) is 1.74. The molecule has 0 unspecified atom stereocenters. The van der Waals surface area contributed by atoms with E-state index in [4.69, 9.17) is 17.0 Å². The van der Waals surface area contributed by atoms with Crippen molar-refractivity contribution in [2.45, 2.75) is 19.9 Å². The Kier molecular flexibility index (Phi) is 3.99. The van der Waals surface area contributed by atoms with Gasteiger partial charge in [0, 0.05) is 12.0 Å². The van der Waals surface area contributed by atoms with Gasteiger partial charge in [-0.05, 0) is 18.3 Å². The van der Waals surface area contributed by atoms with E-state index < -0.39 is 0 Å². The van der Waals surface area contributed by atoms with Crippen LogP contribution in [0.1, 0.15) is 18.3 Å². The Labute approximate surface area is 111 Å². The van der Waals surface area contributed by atoms with Gasteiger partial charge in [0.05, 0.1) is 13.7 Å². The molecule has 0 aliphatic carbocycles. The van der Waals surface area contributed by atoms with Crippen molar-refractivity contribution < 1.29 is 4.74 Å². The molecule has 5 nitrogen and oxygen atoms in total. The molecule has 0 saturated heterocycles. The molecule has 0 amide bonds. The molecule has 96 valence electrons. The first-order valence-corrected chi connectivity index (χ1v) is 6.19. The highest BCUT2D eigenvalue weighted by Gasteiger charge is 2.05. The predicted molar refractivity (Wildman–Crippen MR) is 72.8 cm³/mol. The third-order valence-electron chi connectivity index (χ3n) is 2.68. The molecule has 0 fully saturated rings. The minimum absolute atomic E-state index is 0.571. The van der Waals surface area contributed by atoms with E-state index in [1.54, 1.807) is 11.8 Å². The lowest BCUT2D eigenvalue weighted by molar-refractivity contribution is 0.409. The summed E-state index contributed by atoms with van der Waals surface area (Å²) < 4.78 is 7.67. The minimum atomic E-state index is 0.571. The Morgan fingerprint density at radius 1 is 1.44 bits per heavy atom. The zero-order valence-electron chi connectivity index (χ0n) is 10.4. The highest BCUT2D eigenvalue weighted by atomic mass is 32.1. The molecular weight excluding hydrogens is 248 g/mol. The number of benzene rings is 1. The largest absolute Gasteiger partial charge is 0.496 e. The number of nitrogens with one attached hydrogen (secondary N) is 2. The van der Waals surface area contributed by atoms with Crippen LogP contribution in [0.4, 0.5) is 0 Å². The fraction of sp³-hybridized carbons (Fsp3) is 0.333. The highest BCUT2D eigenvalue weighted by molar-refractivity contribution is 7.71. The number of hydrogen-bond donors (Lipinski definition) is 2. The number of para-hydroxylation sites is 1. The maximum absolute atomic E-state index is 5.30. The van der Waals surface area contributed by atoms with Crippen LogP contribution in [0.2, 0.25) is 0 Å². The molecule has 2 aromatic rings. The summed E-state index contributed by atoms with van der Waals surface area (Å²) in [4.78, 5) is 0. The van der Waals surface area contributed by atoms with Crippen LogP contribution in [0.3, 0.4) is 0 Å². The van der Waals surface area contributed by atoms with Crippen molar-refractivity contribution in [3.8, 4) is 5.75 Å². The van der Waals surface area contributed by atoms with Crippen LogP contribution in [0.5, 0.6) is 5.75 Å². The maximum atomic E-state index is 5.30. The zero-order valence-corrected chi connectivity index (χ0v) is 11.3. The summed E-state index contributed by atoms with van der Waals surface area (Å²) in [6, 6.07) is 7.88. The Morgan fingerprint density at radius 3 is 2.94 bits per heavy atom. The van der Waals surface area contributed by atoms with Crippen LogP contribution in [-0.4, -0.2) is 22.0 Å². The summed E-state index contributed by atoms with van der Waals surface area (Å²) in [6.07, 6.45) is 0.812. The van der Waals surface area contributed by atoms with E-state index in [1.807, 2.05) is 31.2 Å². The van der Waals surface area contributed by atoms with Gasteiger partial charge in [-0.1, -0.05) is 25.1 Å². The van der Waals surface area contributed by atoms with E-state index in [0.29, 0.717) is 11.3 Å². The number of aryl methyl sites for hydroxylation is 1. The van der Waals surface area contributed by atoms with E-state index in [9.17, 15) is 0 Å². The van der Waals surface area contributed by atoms with E-state index >= 15 is 0 Å². The third kappa shape index (κ3) is 2.53. The molecule has 2 N–H and O–H groups in total. The summed E-state index contributed by atoms with van der Waals surface area (Å²) in [5.41, 5.74) is 4.32. The van der Waals surface area contributed by atoms with E-state index in [1.165, 1.54) is 0 Å². The van der Waals surface area contributed by atoms with Crippen molar-refractivity contribution in [1.82, 2.24) is 14.9 Å². The number of rotatable bonds is 5. The number of methoxy groups -OCH3 is 1. The monoisotopic (exact) mass is 264 g/mol. The van der Waals surface area contributed by atoms with Crippen molar-refractivity contribution in [1.29, 1.82) is 0 Å². The predicted octanol–water partition coefficient (Wildman–Crippen LogP) is 2.26. The lowest BCUT2D eigenvalue weighted by atomic mass is 10.2. The summed E-state index contributed by atoms with van der Waals surface area (Å²) in [7, 11) is 1.67. The van der Waals surface area contributed by atoms with Gasteiger partial charge in [0.1, 0.15) is 5.75 Å². The molecule has 1 heterocycles. The number of H-pyrrole nitrogens is 1. The molecule has 2 rings (SSSR count). The van der Waals surface area contributed by atoms with Gasteiger partial charge in [-0.2, -0.15) is 5.10 Å². The molecule has 18 heavy (non-hydrogen) atoms. The highest BCUT2D eigenvalue weighted by Crippen LogP contribution is 2.17. The molecule has 0 radical (unpaired) electrons. The average molecular weight is 264 g/mol. The van der Waals surface area contributed by atoms with E-state index in [2.05, 4.69) is 15.6 Å². The van der Waals surface area contributed by atoms with Gasteiger partial charge in [-0.3, -0.25) is 5.10 Å². The molecule has 0 aliphatic heterocycles. The molecular formula is C12H16N4OS. The van der Waals surface area contributed by atoms with Crippen molar-refractivity contribution in [2.75, 3.05) is 12.5 Å². The molecule has 6 heteroatoms. The maximum Gasteiger partial charge on any atom is 0.214 e. The van der Waals surface area contributed by atoms with Crippen molar-refractivity contribution in [3.05, 3.63) is 40.4 Å². The van der Waals surface area contributed by atoms with Gasteiger partial charge < -0.3 is 10.2 Å². The summed E-state index contributed by atoms with van der Waals surface area (Å²) in [6.45, 7) is 2.66. The summed E-state index contributed by atoms with van der Waals surface area (Å²) in [5, 5.41) is 6.92. The number of ether oxygens (including phenoxy) is 1. The Bertz CT molecular complexity index is 575. The minimum Gasteiger partial charge on any atom is -0.496 e. The second-order valence-electron chi connectivity index (χ2n) is 3.78. The van der Waals surface area contributed by atoms with Gasteiger partial charge in [0.15, 0.2) is 5.82 Å². The molecule has 0 aliphatic rings. The normalized spacial score (nSPS) is 10.3. The molecule has 0 atom stereocenters. The number of nitrogens with zero attached hydrogens (tertiary/aromatic N) is 2. The van der Waals surface area contributed by atoms with Crippen molar-refractivity contribution in [2.24, 2.45) is 0 Å². The van der Waals surface area contributed by atoms with Crippen LogP contribution >= 0.6 is 12.2 Å². The van der Waals surface area contributed by atoms with Crippen LogP contribution < -0.4 is 10.2 Å². The molecule has 0 saturated carbocycles. The third-order valence-corrected chi connectivity index (χ3v) is 2.95. The number of hydrogen-bond acceptors (Lipinski definition) is 4. The van der Waals surface area contributed by atoms with E-state index in [0.717, 1.165) is 23.6 Å². The Balaban J connectivity index is 2.16. The van der Waals surface area contributed by atoms with Gasteiger partial charge in [0.25, 0.3) is 0 Å². The van der Waals surface area contributed by atoms with Crippen LogP contribution in [-0.2, 0) is 13.0 Å². The molecule has 1 aromatic heterocycles. The Hall–Kier alpha value is -1.82. The first-order chi connectivity index (χ1) is 8.76. The zero-order chi connectivity index (χ0) is 13.0. The smallest absolute Gasteiger partial charge is 0.214 e. The van der Waals surface area contributed by atoms with Gasteiger partial charge >= 0.3 is 0 Å².